The lowest BCUT2D eigenvalue weighted by atomic mass is 10.3. The Morgan fingerprint density at radius 3 is 2.20 bits per heavy atom. The number of carbonyl (C=O) groups excluding carboxylic acids is 1. The summed E-state index contributed by atoms with van der Waals surface area (Å²) < 4.78 is 5.54. The van der Waals surface area contributed by atoms with Crippen LogP contribution in [0.5, 0.6) is 0 Å². The summed E-state index contributed by atoms with van der Waals surface area (Å²) in [6.07, 6.45) is 0. The van der Waals surface area contributed by atoms with E-state index < -0.39 is 11.9 Å². The molecule has 0 aliphatic carbocycles. The number of benzene rings is 1. The molecular weight excluding hydrogens is 373 g/mol. The molecule has 0 aliphatic heterocycles. The van der Waals surface area contributed by atoms with Crippen LogP contribution in [0.15, 0.2) is 33.2 Å². The van der Waals surface area contributed by atoms with Gasteiger partial charge in [-0.05, 0) is 24.3 Å². The van der Waals surface area contributed by atoms with Crippen molar-refractivity contribution in [2.24, 2.45) is 0 Å². The van der Waals surface area contributed by atoms with Crippen LogP contribution in [0.3, 0.4) is 0 Å². The first-order chi connectivity index (χ1) is 9.38. The van der Waals surface area contributed by atoms with Gasteiger partial charge in [0.2, 0.25) is 5.76 Å². The second-order valence-corrected chi connectivity index (χ2v) is 5.40. The van der Waals surface area contributed by atoms with E-state index in [9.17, 15) is 9.59 Å². The Kier molecular flexibility index (Phi) is 4.37. The summed E-state index contributed by atoms with van der Waals surface area (Å²) in [6, 6.07) is 5.56. The normalized spacial score (nSPS) is 10.3. The van der Waals surface area contributed by atoms with Gasteiger partial charge in [0.25, 0.3) is 5.91 Å². The van der Waals surface area contributed by atoms with Gasteiger partial charge in [0, 0.05) is 4.47 Å². The molecule has 0 aliphatic rings. The lowest BCUT2D eigenvalue weighted by Crippen LogP contribution is -2.11. The van der Waals surface area contributed by atoms with Gasteiger partial charge in [0.1, 0.15) is 0 Å². The van der Waals surface area contributed by atoms with Crippen LogP contribution in [0.25, 0.3) is 0 Å². The standard InChI is InChI=1S/C12H6BrCl2NO4/c13-5-3-6(14)10(7(15)4-5)16-11(17)8-1-2-9(20-8)12(18)19/h1-4H,(H,16,17)(H,18,19). The van der Waals surface area contributed by atoms with Gasteiger partial charge in [0.15, 0.2) is 5.76 Å². The van der Waals surface area contributed by atoms with Crippen molar-refractivity contribution in [2.75, 3.05) is 5.32 Å². The Morgan fingerprint density at radius 2 is 1.70 bits per heavy atom. The summed E-state index contributed by atoms with van der Waals surface area (Å²) in [4.78, 5) is 22.6. The maximum absolute atomic E-state index is 11.9. The molecule has 5 nitrogen and oxygen atoms in total. The highest BCUT2D eigenvalue weighted by molar-refractivity contribution is 9.10. The zero-order valence-corrected chi connectivity index (χ0v) is 12.7. The van der Waals surface area contributed by atoms with Gasteiger partial charge in [-0.2, -0.15) is 0 Å². The van der Waals surface area contributed by atoms with Crippen LogP contribution in [0.4, 0.5) is 5.69 Å². The zero-order valence-electron chi connectivity index (χ0n) is 9.62. The number of carboxylic acid groups (broad SMARTS) is 1. The summed E-state index contributed by atoms with van der Waals surface area (Å²) in [6.45, 7) is 0. The van der Waals surface area contributed by atoms with E-state index in [-0.39, 0.29) is 27.3 Å². The minimum Gasteiger partial charge on any atom is -0.475 e. The third-order valence-electron chi connectivity index (χ3n) is 2.29. The molecule has 0 atom stereocenters. The number of halogens is 3. The van der Waals surface area contributed by atoms with Gasteiger partial charge in [0.05, 0.1) is 15.7 Å². The first kappa shape index (κ1) is 14.9. The molecular formula is C12H6BrCl2NO4. The van der Waals surface area contributed by atoms with E-state index in [1.165, 1.54) is 12.1 Å². The first-order valence-electron chi connectivity index (χ1n) is 5.17. The number of aromatic carboxylic acids is 1. The molecule has 0 saturated heterocycles. The van der Waals surface area contributed by atoms with E-state index in [2.05, 4.69) is 21.2 Å². The van der Waals surface area contributed by atoms with E-state index in [0.29, 0.717) is 4.47 Å². The van der Waals surface area contributed by atoms with Crippen molar-refractivity contribution < 1.29 is 19.1 Å². The fourth-order valence-corrected chi connectivity index (χ4v) is 2.71. The average Bonchev–Trinajstić information content (AvgIpc) is 2.83. The smallest absolute Gasteiger partial charge is 0.371 e. The number of carboxylic acids is 1. The number of anilines is 1. The van der Waals surface area contributed by atoms with E-state index in [0.717, 1.165) is 0 Å². The maximum atomic E-state index is 11.9. The molecule has 0 saturated carbocycles. The highest BCUT2D eigenvalue weighted by Gasteiger charge is 2.17. The van der Waals surface area contributed by atoms with Gasteiger partial charge < -0.3 is 14.8 Å². The minimum atomic E-state index is -1.26. The summed E-state index contributed by atoms with van der Waals surface area (Å²) in [5.74, 6) is -2.40. The van der Waals surface area contributed by atoms with Gasteiger partial charge in [-0.15, -0.1) is 0 Å². The van der Waals surface area contributed by atoms with Crippen molar-refractivity contribution in [3.63, 3.8) is 0 Å². The molecule has 0 unspecified atom stereocenters. The fraction of sp³-hybridized carbons (Fsp3) is 0. The summed E-state index contributed by atoms with van der Waals surface area (Å²) in [5, 5.41) is 11.7. The Hall–Kier alpha value is -1.50. The summed E-state index contributed by atoms with van der Waals surface area (Å²) >= 11 is 15.1. The molecule has 2 rings (SSSR count). The Balaban J connectivity index is 2.25. The third kappa shape index (κ3) is 3.15. The number of amides is 1. The lowest BCUT2D eigenvalue weighted by Gasteiger charge is -2.08. The van der Waals surface area contributed by atoms with E-state index >= 15 is 0 Å². The van der Waals surface area contributed by atoms with E-state index in [4.69, 9.17) is 32.7 Å². The predicted molar refractivity (Wildman–Crippen MR) is 77.8 cm³/mol. The predicted octanol–water partition coefficient (Wildman–Crippen LogP) is 4.30. The SMILES string of the molecule is O=C(O)c1ccc(C(=O)Nc2c(Cl)cc(Br)cc2Cl)o1. The second kappa shape index (κ2) is 5.87. The second-order valence-electron chi connectivity index (χ2n) is 3.67. The fourth-order valence-electron chi connectivity index (χ4n) is 1.41. The van der Waals surface area contributed by atoms with Crippen LogP contribution in [0, 0.1) is 0 Å². The Labute approximate surface area is 131 Å². The number of nitrogens with one attached hydrogen (secondary N) is 1. The molecule has 2 aromatic rings. The van der Waals surface area contributed by atoms with Crippen LogP contribution in [0.2, 0.25) is 10.0 Å². The van der Waals surface area contributed by atoms with Crippen LogP contribution in [-0.4, -0.2) is 17.0 Å². The maximum Gasteiger partial charge on any atom is 0.371 e. The lowest BCUT2D eigenvalue weighted by molar-refractivity contribution is 0.0660. The topological polar surface area (TPSA) is 79.5 Å². The Bertz CT molecular complexity index is 676. The number of rotatable bonds is 3. The molecule has 0 fully saturated rings. The van der Waals surface area contributed by atoms with E-state index in [1.807, 2.05) is 0 Å². The highest BCUT2D eigenvalue weighted by Crippen LogP contribution is 2.34. The van der Waals surface area contributed by atoms with Crippen molar-refractivity contribution >= 4 is 56.7 Å². The summed E-state index contributed by atoms with van der Waals surface area (Å²) in [5.41, 5.74) is 0.217. The molecule has 1 aromatic heterocycles. The van der Waals surface area contributed by atoms with Crippen LogP contribution in [0.1, 0.15) is 21.1 Å². The minimum absolute atomic E-state index is 0.155. The van der Waals surface area contributed by atoms with Crippen LogP contribution in [-0.2, 0) is 0 Å². The number of hydrogen-bond donors (Lipinski definition) is 2. The largest absolute Gasteiger partial charge is 0.475 e. The first-order valence-corrected chi connectivity index (χ1v) is 6.72. The van der Waals surface area contributed by atoms with Crippen LogP contribution < -0.4 is 5.32 Å². The monoisotopic (exact) mass is 377 g/mol. The summed E-state index contributed by atoms with van der Waals surface area (Å²) in [7, 11) is 0. The third-order valence-corrected chi connectivity index (χ3v) is 3.34. The molecule has 104 valence electrons. The molecule has 0 bridgehead atoms. The van der Waals surface area contributed by atoms with Gasteiger partial charge in [-0.3, -0.25) is 4.79 Å². The molecule has 0 radical (unpaired) electrons. The van der Waals surface area contributed by atoms with Gasteiger partial charge >= 0.3 is 5.97 Å². The van der Waals surface area contributed by atoms with Crippen molar-refractivity contribution in [3.05, 3.63) is 50.3 Å². The van der Waals surface area contributed by atoms with Crippen LogP contribution >= 0.6 is 39.1 Å². The highest BCUT2D eigenvalue weighted by atomic mass is 79.9. The van der Waals surface area contributed by atoms with E-state index in [1.54, 1.807) is 12.1 Å². The molecule has 0 spiro atoms. The Morgan fingerprint density at radius 1 is 1.15 bits per heavy atom. The van der Waals surface area contributed by atoms with Gasteiger partial charge in [-0.1, -0.05) is 39.1 Å². The zero-order chi connectivity index (χ0) is 14.9. The van der Waals surface area contributed by atoms with Crippen molar-refractivity contribution in [1.29, 1.82) is 0 Å². The molecule has 1 amide bonds. The van der Waals surface area contributed by atoms with Crippen molar-refractivity contribution in [2.45, 2.75) is 0 Å². The van der Waals surface area contributed by atoms with Crippen molar-refractivity contribution in [3.8, 4) is 0 Å². The molecule has 1 aromatic carbocycles. The number of furan rings is 1. The molecule has 1 heterocycles. The average molecular weight is 379 g/mol. The van der Waals surface area contributed by atoms with Gasteiger partial charge in [-0.25, -0.2) is 4.79 Å². The number of hydrogen-bond acceptors (Lipinski definition) is 3. The van der Waals surface area contributed by atoms with Crippen molar-refractivity contribution in [1.82, 2.24) is 0 Å². The molecule has 2 N–H and O–H groups in total. The quantitative estimate of drug-likeness (QED) is 0.834. The molecule has 20 heavy (non-hydrogen) atoms. The number of carbonyl (C=O) groups is 2. The molecule has 8 heteroatoms.